The van der Waals surface area contributed by atoms with Gasteiger partial charge in [0.15, 0.2) is 6.04 Å². The summed E-state index contributed by atoms with van der Waals surface area (Å²) in [6.07, 6.45) is -0.363. The van der Waals surface area contributed by atoms with Crippen LogP contribution in [0.5, 0.6) is 0 Å². The first-order valence-corrected chi connectivity index (χ1v) is 15.7. The summed E-state index contributed by atoms with van der Waals surface area (Å²) in [4.78, 5) is 75.4. The minimum atomic E-state index is -5.19. The molecule has 1 heterocycles. The molecular formula is C32H52F3N5O8. The van der Waals surface area contributed by atoms with Crippen molar-refractivity contribution in [1.29, 1.82) is 0 Å². The fraction of sp³-hybridized carbons (Fsp3) is 0.688. The quantitative estimate of drug-likeness (QED) is 0.172. The molecule has 16 heteroatoms. The van der Waals surface area contributed by atoms with Gasteiger partial charge in [0.2, 0.25) is 11.8 Å². The van der Waals surface area contributed by atoms with E-state index in [9.17, 15) is 37.1 Å². The molecule has 0 aromatic carbocycles. The first-order valence-electron chi connectivity index (χ1n) is 15.7. The second-order valence-electron chi connectivity index (χ2n) is 13.1. The van der Waals surface area contributed by atoms with Crippen molar-refractivity contribution in [3.8, 4) is 0 Å². The number of halogens is 3. The van der Waals surface area contributed by atoms with Crippen LogP contribution in [-0.2, 0) is 33.5 Å². The van der Waals surface area contributed by atoms with E-state index >= 15 is 0 Å². The molecule has 0 radical (unpaired) electrons. The molecule has 0 fully saturated rings. The van der Waals surface area contributed by atoms with Crippen molar-refractivity contribution in [3.05, 3.63) is 24.0 Å². The summed E-state index contributed by atoms with van der Waals surface area (Å²) in [5.41, 5.74) is 0. The summed E-state index contributed by atoms with van der Waals surface area (Å²) in [7, 11) is 5.26. The molecule has 0 aliphatic carbocycles. The molecule has 1 rings (SSSR count). The van der Waals surface area contributed by atoms with Crippen LogP contribution in [-0.4, -0.2) is 98.0 Å². The zero-order valence-electron chi connectivity index (χ0n) is 29.6. The lowest BCUT2D eigenvalue weighted by Gasteiger charge is -2.28. The Morgan fingerprint density at radius 1 is 0.917 bits per heavy atom. The summed E-state index contributed by atoms with van der Waals surface area (Å²) in [6, 6.07) is -3.02. The molecule has 0 unspecified atom stereocenters. The fourth-order valence-electron chi connectivity index (χ4n) is 5.01. The van der Waals surface area contributed by atoms with Crippen LogP contribution in [0, 0.1) is 17.8 Å². The number of alkyl halides is 3. The zero-order valence-corrected chi connectivity index (χ0v) is 29.6. The van der Waals surface area contributed by atoms with E-state index in [0.29, 0.717) is 18.6 Å². The van der Waals surface area contributed by atoms with Crippen LogP contribution in [0.4, 0.5) is 13.2 Å². The molecule has 4 N–H and O–H groups in total. The SMILES string of the molecule is COC1=CC(=O)N(C(=O)/C=C/[C@H](C)NC(=O)[C@H](CC(C)C)NC(=O)[C@H](CC(C)C)NC(=O)[C@H](C(C)C)[NH+](C)C)[C@H]1C.O=C([O-])C(F)(F)F. The zero-order chi connectivity index (χ0) is 37.7. The van der Waals surface area contributed by atoms with E-state index in [2.05, 4.69) is 16.0 Å². The minimum absolute atomic E-state index is 0.0775. The number of carboxylic acid groups (broad SMARTS) is 1. The van der Waals surface area contributed by atoms with Gasteiger partial charge in [-0.2, -0.15) is 13.2 Å². The number of hydrogen-bond donors (Lipinski definition) is 4. The number of quaternary nitrogens is 1. The van der Waals surface area contributed by atoms with Gasteiger partial charge in [-0.05, 0) is 38.5 Å². The number of imide groups is 1. The van der Waals surface area contributed by atoms with Crippen molar-refractivity contribution < 1.29 is 56.7 Å². The molecule has 0 aromatic heterocycles. The molecule has 5 atom stereocenters. The van der Waals surface area contributed by atoms with Gasteiger partial charge in [-0.25, -0.2) is 0 Å². The van der Waals surface area contributed by atoms with Crippen LogP contribution in [0.2, 0.25) is 0 Å². The average Bonchev–Trinajstić information content (AvgIpc) is 3.22. The molecule has 5 amide bonds. The Labute approximate surface area is 280 Å². The number of carbonyl (C=O) groups is 6. The van der Waals surface area contributed by atoms with Crippen LogP contribution < -0.4 is 26.0 Å². The summed E-state index contributed by atoms with van der Waals surface area (Å²) in [5.74, 6) is -4.29. The van der Waals surface area contributed by atoms with Gasteiger partial charge < -0.3 is 35.5 Å². The molecule has 1 aliphatic rings. The second kappa shape index (κ2) is 19.8. The summed E-state index contributed by atoms with van der Waals surface area (Å²) >= 11 is 0. The lowest BCUT2D eigenvalue weighted by Crippen LogP contribution is -3.12. The van der Waals surface area contributed by atoms with E-state index in [1.807, 2.05) is 55.6 Å². The van der Waals surface area contributed by atoms with E-state index in [0.717, 1.165) is 9.80 Å². The number of likely N-dealkylation sites (N-methyl/N-ethyl adjacent to an activating group) is 1. The number of nitrogens with one attached hydrogen (secondary N) is 4. The van der Waals surface area contributed by atoms with Gasteiger partial charge in [0.05, 0.1) is 27.2 Å². The lowest BCUT2D eigenvalue weighted by molar-refractivity contribution is -0.879. The van der Waals surface area contributed by atoms with Gasteiger partial charge in [-0.15, -0.1) is 0 Å². The molecule has 48 heavy (non-hydrogen) atoms. The van der Waals surface area contributed by atoms with Gasteiger partial charge in [0.25, 0.3) is 17.7 Å². The Balaban J connectivity index is 0.00000282. The number of ether oxygens (including phenoxy) is 1. The highest BCUT2D eigenvalue weighted by molar-refractivity contribution is 6.07. The Morgan fingerprint density at radius 3 is 1.71 bits per heavy atom. The predicted octanol–water partition coefficient (Wildman–Crippen LogP) is -0.136. The first-order chi connectivity index (χ1) is 21.9. The van der Waals surface area contributed by atoms with Crippen molar-refractivity contribution in [2.45, 2.75) is 105 Å². The van der Waals surface area contributed by atoms with Crippen molar-refractivity contribution in [1.82, 2.24) is 20.9 Å². The number of carbonyl (C=O) groups excluding carboxylic acids is 6. The number of methoxy groups -OCH3 is 1. The summed E-state index contributed by atoms with van der Waals surface area (Å²) in [5, 5.41) is 17.4. The van der Waals surface area contributed by atoms with E-state index in [-0.39, 0.29) is 29.7 Å². The van der Waals surface area contributed by atoms with Crippen LogP contribution in [0.25, 0.3) is 0 Å². The monoisotopic (exact) mass is 691 g/mol. The Morgan fingerprint density at radius 2 is 1.35 bits per heavy atom. The van der Waals surface area contributed by atoms with Crippen molar-refractivity contribution in [2.75, 3.05) is 21.2 Å². The molecule has 0 spiro atoms. The molecule has 0 saturated carbocycles. The number of carboxylic acids is 1. The van der Waals surface area contributed by atoms with Crippen LogP contribution >= 0.6 is 0 Å². The summed E-state index contributed by atoms with van der Waals surface area (Å²) < 4.78 is 36.7. The number of hydrogen-bond acceptors (Lipinski definition) is 8. The second-order valence-corrected chi connectivity index (χ2v) is 13.1. The highest BCUT2D eigenvalue weighted by atomic mass is 19.4. The fourth-order valence-corrected chi connectivity index (χ4v) is 5.01. The number of amides is 5. The molecular weight excluding hydrogens is 639 g/mol. The third-order valence-corrected chi connectivity index (χ3v) is 7.16. The van der Waals surface area contributed by atoms with E-state index in [4.69, 9.17) is 14.6 Å². The van der Waals surface area contributed by atoms with Crippen molar-refractivity contribution in [2.24, 2.45) is 17.8 Å². The third kappa shape index (κ3) is 14.9. The maximum absolute atomic E-state index is 13.4. The highest BCUT2D eigenvalue weighted by Crippen LogP contribution is 2.20. The third-order valence-electron chi connectivity index (χ3n) is 7.16. The predicted molar refractivity (Wildman–Crippen MR) is 168 cm³/mol. The molecule has 13 nitrogen and oxygen atoms in total. The minimum Gasteiger partial charge on any atom is -0.542 e. The average molecular weight is 692 g/mol. The number of aliphatic carboxylic acids is 1. The Bertz CT molecular complexity index is 1190. The van der Waals surface area contributed by atoms with E-state index in [1.54, 1.807) is 13.8 Å². The van der Waals surface area contributed by atoms with Crippen molar-refractivity contribution in [3.63, 3.8) is 0 Å². The lowest BCUT2D eigenvalue weighted by atomic mass is 9.98. The van der Waals surface area contributed by atoms with Crippen molar-refractivity contribution >= 4 is 35.5 Å². The van der Waals surface area contributed by atoms with Crippen LogP contribution in [0.15, 0.2) is 24.0 Å². The number of rotatable bonds is 15. The van der Waals surface area contributed by atoms with Gasteiger partial charge in [0.1, 0.15) is 23.8 Å². The van der Waals surface area contributed by atoms with Crippen LogP contribution in [0.3, 0.4) is 0 Å². The van der Waals surface area contributed by atoms with Gasteiger partial charge in [-0.3, -0.25) is 28.9 Å². The highest BCUT2D eigenvalue weighted by Gasteiger charge is 2.35. The molecule has 0 aromatic rings. The van der Waals surface area contributed by atoms with E-state index in [1.165, 1.54) is 25.3 Å². The van der Waals surface area contributed by atoms with Gasteiger partial charge in [0, 0.05) is 24.1 Å². The van der Waals surface area contributed by atoms with E-state index < -0.39 is 59.9 Å². The molecule has 274 valence electrons. The molecule has 1 aliphatic heterocycles. The first kappa shape index (κ1) is 44.0. The maximum Gasteiger partial charge on any atom is 0.430 e. The largest absolute Gasteiger partial charge is 0.542 e. The Hall–Kier alpha value is -3.95. The smallest absolute Gasteiger partial charge is 0.430 e. The molecule has 0 bridgehead atoms. The maximum atomic E-state index is 13.4. The Kier molecular flexibility index (Phi) is 18.1. The normalized spacial score (nSPS) is 17.5. The van der Waals surface area contributed by atoms with Gasteiger partial charge >= 0.3 is 6.18 Å². The standard InChI is InChI=1S/C30H51N5O6.C2HF3O2/c1-17(2)14-22(32-29(39)23(15-18(3)4)33-30(40)27(19(5)6)34(9)10)28(38)31-20(7)12-13-25(36)35-21(8)24(41-11)16-26(35)37;3-2(4,5)1(6)7/h12-13,16-23,27H,14-15H2,1-11H3,(H,31,38)(H,32,39)(H,33,40);(H,6,7)/b13-12+;/t20-,21-,22-,23-,27-;/m0./s1. The molecule has 0 saturated heterocycles. The summed E-state index contributed by atoms with van der Waals surface area (Å²) in [6.45, 7) is 15.2. The van der Waals surface area contributed by atoms with Gasteiger partial charge in [-0.1, -0.05) is 47.6 Å². The van der Waals surface area contributed by atoms with Crippen LogP contribution in [0.1, 0.15) is 68.2 Å². The topological polar surface area (TPSA) is 178 Å². The number of nitrogens with zero attached hydrogens (tertiary/aromatic N) is 1.